The lowest BCUT2D eigenvalue weighted by Gasteiger charge is -2.40. The van der Waals surface area contributed by atoms with Crippen LogP contribution in [0, 0.1) is 6.92 Å². The van der Waals surface area contributed by atoms with Gasteiger partial charge in [0.2, 0.25) is 0 Å². The van der Waals surface area contributed by atoms with Crippen LogP contribution in [0.2, 0.25) is 0 Å². The normalized spacial score (nSPS) is 16.8. The number of benzene rings is 1. The molecule has 1 fully saturated rings. The number of ether oxygens (including phenoxy) is 1. The maximum absolute atomic E-state index is 12.6. The molecule has 1 atom stereocenters. The number of carbonyl (C=O) groups is 2. The summed E-state index contributed by atoms with van der Waals surface area (Å²) in [6.45, 7) is 11.4. The minimum atomic E-state index is -0.510. The zero-order valence-corrected chi connectivity index (χ0v) is 20.2. The molecule has 0 bridgehead atoms. The molecule has 2 heterocycles. The molecule has 0 aliphatic carbocycles. The van der Waals surface area contributed by atoms with Gasteiger partial charge < -0.3 is 19.9 Å². The van der Waals surface area contributed by atoms with E-state index in [0.717, 1.165) is 21.5 Å². The number of aryl methyl sites for hydroxylation is 1. The molecule has 0 spiro atoms. The fourth-order valence-electron chi connectivity index (χ4n) is 3.41. The van der Waals surface area contributed by atoms with Gasteiger partial charge in [0.05, 0.1) is 5.56 Å². The highest BCUT2D eigenvalue weighted by Gasteiger charge is 2.30. The number of halogens is 1. The van der Waals surface area contributed by atoms with E-state index in [2.05, 4.69) is 38.1 Å². The first-order valence-corrected chi connectivity index (χ1v) is 11.1. The van der Waals surface area contributed by atoms with Gasteiger partial charge in [-0.1, -0.05) is 15.9 Å². The van der Waals surface area contributed by atoms with E-state index in [1.807, 2.05) is 52.0 Å². The predicted molar refractivity (Wildman–Crippen MR) is 126 cm³/mol. The van der Waals surface area contributed by atoms with Gasteiger partial charge in [0.25, 0.3) is 5.91 Å². The highest BCUT2D eigenvalue weighted by atomic mass is 79.9. The molecule has 7 nitrogen and oxygen atoms in total. The number of piperazine rings is 1. The molecule has 8 heteroatoms. The third-order valence-electron chi connectivity index (χ3n) is 5.00. The Hall–Kier alpha value is -2.61. The van der Waals surface area contributed by atoms with E-state index in [1.54, 1.807) is 17.2 Å². The van der Waals surface area contributed by atoms with Crippen LogP contribution in [-0.4, -0.2) is 53.2 Å². The molecule has 1 aliphatic rings. The topological polar surface area (TPSA) is 74.8 Å². The second kappa shape index (κ2) is 9.26. The quantitative estimate of drug-likeness (QED) is 0.667. The van der Waals surface area contributed by atoms with Crippen molar-refractivity contribution < 1.29 is 14.3 Å². The van der Waals surface area contributed by atoms with Gasteiger partial charge in [-0.3, -0.25) is 4.79 Å². The van der Waals surface area contributed by atoms with Crippen molar-refractivity contribution in [3.8, 4) is 0 Å². The molecule has 1 N–H and O–H groups in total. The minimum absolute atomic E-state index is 0.0826. The minimum Gasteiger partial charge on any atom is -0.444 e. The van der Waals surface area contributed by atoms with Gasteiger partial charge in [-0.25, -0.2) is 9.78 Å². The van der Waals surface area contributed by atoms with Gasteiger partial charge in [0.1, 0.15) is 11.4 Å². The number of nitrogens with one attached hydrogen (secondary N) is 1. The average Bonchev–Trinajstić information content (AvgIpc) is 2.69. The lowest BCUT2D eigenvalue weighted by Crippen LogP contribution is -2.54. The Morgan fingerprint density at radius 2 is 1.94 bits per heavy atom. The van der Waals surface area contributed by atoms with Crippen LogP contribution in [0.4, 0.5) is 16.3 Å². The molecule has 31 heavy (non-hydrogen) atoms. The summed E-state index contributed by atoms with van der Waals surface area (Å²) < 4.78 is 6.47. The summed E-state index contributed by atoms with van der Waals surface area (Å²) in [7, 11) is 0. The smallest absolute Gasteiger partial charge is 0.410 e. The lowest BCUT2D eigenvalue weighted by atomic mass is 10.1. The Balaban J connectivity index is 1.61. The maximum atomic E-state index is 12.6. The summed E-state index contributed by atoms with van der Waals surface area (Å²) in [5.41, 5.74) is 1.77. The molecule has 3 rings (SSSR count). The zero-order valence-electron chi connectivity index (χ0n) is 18.6. The monoisotopic (exact) mass is 488 g/mol. The number of anilines is 2. The Morgan fingerprint density at radius 3 is 2.52 bits per heavy atom. The largest absolute Gasteiger partial charge is 0.444 e. The molecule has 1 aromatic carbocycles. The van der Waals surface area contributed by atoms with Gasteiger partial charge in [0.15, 0.2) is 0 Å². The molecule has 0 saturated carbocycles. The molecule has 2 aromatic rings. The maximum Gasteiger partial charge on any atom is 0.410 e. The van der Waals surface area contributed by atoms with E-state index < -0.39 is 5.60 Å². The Kier molecular flexibility index (Phi) is 6.89. The highest BCUT2D eigenvalue weighted by Crippen LogP contribution is 2.22. The van der Waals surface area contributed by atoms with E-state index in [1.165, 1.54) is 0 Å². The van der Waals surface area contributed by atoms with Crippen LogP contribution in [0.3, 0.4) is 0 Å². The molecular formula is C23H29BrN4O3. The fourth-order valence-corrected chi connectivity index (χ4v) is 3.65. The first kappa shape index (κ1) is 23.1. The zero-order chi connectivity index (χ0) is 22.8. The molecule has 2 amide bonds. The van der Waals surface area contributed by atoms with Crippen LogP contribution < -0.4 is 10.2 Å². The van der Waals surface area contributed by atoms with Gasteiger partial charge in [-0.2, -0.15) is 0 Å². The number of hydrogen-bond acceptors (Lipinski definition) is 5. The molecular weight excluding hydrogens is 460 g/mol. The first-order chi connectivity index (χ1) is 14.5. The summed E-state index contributed by atoms with van der Waals surface area (Å²) >= 11 is 3.46. The Morgan fingerprint density at radius 1 is 1.19 bits per heavy atom. The molecule has 1 aliphatic heterocycles. The summed E-state index contributed by atoms with van der Waals surface area (Å²) in [5.74, 6) is 0.580. The second-order valence-corrected chi connectivity index (χ2v) is 9.65. The summed E-state index contributed by atoms with van der Waals surface area (Å²) in [5, 5.41) is 2.90. The molecule has 1 aromatic heterocycles. The standard InChI is InChI=1S/C23H29BrN4O3/c1-15-12-18(7-8-19(15)24)26-21(29)17-6-9-20(25-13-17)28-11-10-27(14-16(28)2)22(30)31-23(3,4)5/h6-9,12-13,16H,10-11,14H2,1-5H3,(H,26,29)/t16-/m1/s1. The first-order valence-electron chi connectivity index (χ1n) is 10.3. The molecule has 0 radical (unpaired) electrons. The summed E-state index contributed by atoms with van der Waals surface area (Å²) in [6.07, 6.45) is 1.30. The second-order valence-electron chi connectivity index (χ2n) is 8.79. The molecule has 1 saturated heterocycles. The number of pyridine rings is 1. The van der Waals surface area contributed by atoms with Gasteiger partial charge in [-0.15, -0.1) is 0 Å². The van der Waals surface area contributed by atoms with E-state index >= 15 is 0 Å². The van der Waals surface area contributed by atoms with Crippen LogP contribution in [0.1, 0.15) is 43.6 Å². The number of carbonyl (C=O) groups excluding carboxylic acids is 2. The van der Waals surface area contributed by atoms with Crippen LogP contribution in [0.5, 0.6) is 0 Å². The van der Waals surface area contributed by atoms with E-state index in [-0.39, 0.29) is 18.0 Å². The number of amides is 2. The van der Waals surface area contributed by atoms with Crippen molar-refractivity contribution in [2.45, 2.75) is 46.3 Å². The predicted octanol–water partition coefficient (Wildman–Crippen LogP) is 4.85. The van der Waals surface area contributed by atoms with Crippen LogP contribution in [0.15, 0.2) is 41.0 Å². The average molecular weight is 489 g/mol. The van der Waals surface area contributed by atoms with Crippen molar-refractivity contribution in [1.82, 2.24) is 9.88 Å². The number of nitrogens with zero attached hydrogens (tertiary/aromatic N) is 3. The van der Waals surface area contributed by atoms with Crippen LogP contribution >= 0.6 is 15.9 Å². The van der Waals surface area contributed by atoms with E-state index in [9.17, 15) is 9.59 Å². The third kappa shape index (κ3) is 5.97. The SMILES string of the molecule is Cc1cc(NC(=O)c2ccc(N3CCN(C(=O)OC(C)(C)C)C[C@H]3C)nc2)ccc1Br. The lowest BCUT2D eigenvalue weighted by molar-refractivity contribution is 0.0218. The fraction of sp³-hybridized carbons (Fsp3) is 0.435. The van der Waals surface area contributed by atoms with Gasteiger partial charge in [0, 0.05) is 42.0 Å². The van der Waals surface area contributed by atoms with Gasteiger partial charge in [-0.05, 0) is 70.5 Å². The van der Waals surface area contributed by atoms with Crippen molar-refractivity contribution in [3.05, 3.63) is 52.1 Å². The van der Waals surface area contributed by atoms with Crippen LogP contribution in [0.25, 0.3) is 0 Å². The Bertz CT molecular complexity index is 956. The number of aromatic nitrogens is 1. The highest BCUT2D eigenvalue weighted by molar-refractivity contribution is 9.10. The third-order valence-corrected chi connectivity index (χ3v) is 5.89. The van der Waals surface area contributed by atoms with Crippen molar-refractivity contribution in [1.29, 1.82) is 0 Å². The van der Waals surface area contributed by atoms with Gasteiger partial charge >= 0.3 is 6.09 Å². The van der Waals surface area contributed by atoms with Crippen LogP contribution in [-0.2, 0) is 4.74 Å². The molecule has 0 unspecified atom stereocenters. The van der Waals surface area contributed by atoms with Crippen molar-refractivity contribution in [2.24, 2.45) is 0 Å². The molecule has 166 valence electrons. The number of rotatable bonds is 3. The van der Waals surface area contributed by atoms with E-state index in [4.69, 9.17) is 4.74 Å². The summed E-state index contributed by atoms with van der Waals surface area (Å²) in [4.78, 5) is 33.3. The Labute approximate surface area is 191 Å². The summed E-state index contributed by atoms with van der Waals surface area (Å²) in [6, 6.07) is 9.37. The van der Waals surface area contributed by atoms with Crippen molar-refractivity contribution >= 4 is 39.4 Å². The van der Waals surface area contributed by atoms with Crippen molar-refractivity contribution in [2.75, 3.05) is 29.9 Å². The number of hydrogen-bond donors (Lipinski definition) is 1. The van der Waals surface area contributed by atoms with E-state index in [0.29, 0.717) is 25.2 Å². The van der Waals surface area contributed by atoms with Crippen molar-refractivity contribution in [3.63, 3.8) is 0 Å².